The van der Waals surface area contributed by atoms with Crippen molar-refractivity contribution in [2.75, 3.05) is 12.0 Å². The van der Waals surface area contributed by atoms with Gasteiger partial charge in [-0.05, 0) is 24.6 Å². The highest BCUT2D eigenvalue weighted by atomic mass is 16.5. The summed E-state index contributed by atoms with van der Waals surface area (Å²) in [7, 11) is 1.43. The van der Waals surface area contributed by atoms with Crippen LogP contribution in [0.3, 0.4) is 0 Å². The summed E-state index contributed by atoms with van der Waals surface area (Å²) < 4.78 is 5.15. The van der Waals surface area contributed by atoms with E-state index in [0.717, 1.165) is 4.90 Å². The van der Waals surface area contributed by atoms with Gasteiger partial charge in [0.25, 0.3) is 5.91 Å². The Labute approximate surface area is 139 Å². The minimum Gasteiger partial charge on any atom is -0.495 e. The molecule has 3 rings (SSSR count). The summed E-state index contributed by atoms with van der Waals surface area (Å²) in [4.78, 5) is 26.4. The predicted molar refractivity (Wildman–Crippen MR) is 87.5 cm³/mol. The van der Waals surface area contributed by atoms with E-state index in [9.17, 15) is 9.59 Å². The molecule has 6 heteroatoms. The molecular weight excluding hydrogens is 306 g/mol. The molecule has 1 unspecified atom stereocenters. The lowest BCUT2D eigenvalue weighted by molar-refractivity contribution is -0.121. The molecule has 6 nitrogen and oxygen atoms in total. The van der Waals surface area contributed by atoms with Crippen LogP contribution >= 0.6 is 0 Å². The summed E-state index contributed by atoms with van der Waals surface area (Å²) in [6, 6.07) is 15.1. The van der Waals surface area contributed by atoms with Gasteiger partial charge in [-0.25, -0.2) is 9.69 Å². The average molecular weight is 321 g/mol. The number of carbonyl (C=O) groups excluding carboxylic acids is 2. The molecular formula is C18H15N3O3. The lowest BCUT2D eigenvalue weighted by atomic mass is 9.92. The number of hydrogen-bond acceptors (Lipinski definition) is 4. The first kappa shape index (κ1) is 15.6. The molecule has 1 saturated heterocycles. The number of nitrogens with zero attached hydrogens (tertiary/aromatic N) is 2. The number of methoxy groups -OCH3 is 1. The van der Waals surface area contributed by atoms with Gasteiger partial charge in [0.15, 0.2) is 0 Å². The molecule has 1 fully saturated rings. The number of rotatable bonds is 3. The molecule has 0 bridgehead atoms. The molecule has 1 atom stereocenters. The molecule has 120 valence electrons. The van der Waals surface area contributed by atoms with Crippen LogP contribution in [0, 0.1) is 11.3 Å². The number of urea groups is 1. The van der Waals surface area contributed by atoms with Crippen LogP contribution in [0.15, 0.2) is 48.5 Å². The largest absolute Gasteiger partial charge is 0.495 e. The van der Waals surface area contributed by atoms with E-state index in [2.05, 4.69) is 5.32 Å². The normalized spacial score (nSPS) is 19.8. The maximum atomic E-state index is 12.9. The molecule has 1 heterocycles. The highest BCUT2D eigenvalue weighted by molar-refractivity contribution is 6.23. The van der Waals surface area contributed by atoms with E-state index in [1.165, 1.54) is 19.2 Å². The molecule has 24 heavy (non-hydrogen) atoms. The number of nitriles is 1. The second-order valence-electron chi connectivity index (χ2n) is 5.56. The molecule has 1 aliphatic heterocycles. The van der Waals surface area contributed by atoms with Gasteiger partial charge in [0, 0.05) is 6.07 Å². The Morgan fingerprint density at radius 2 is 1.88 bits per heavy atom. The summed E-state index contributed by atoms with van der Waals surface area (Å²) in [5, 5.41) is 11.8. The number of amides is 3. The van der Waals surface area contributed by atoms with Crippen LogP contribution in [0.1, 0.15) is 18.1 Å². The second-order valence-corrected chi connectivity index (χ2v) is 5.56. The van der Waals surface area contributed by atoms with E-state index in [4.69, 9.17) is 10.00 Å². The standard InChI is InChI=1S/C18H15N3O3/c1-18(13-6-4-3-5-7-13)16(22)21(17(23)20-18)14-9-8-12(11-19)15(10-14)24-2/h3-10H,1-2H3,(H,20,23). The third kappa shape index (κ3) is 2.27. The molecule has 0 aliphatic carbocycles. The van der Waals surface area contributed by atoms with Gasteiger partial charge >= 0.3 is 6.03 Å². The molecule has 0 aromatic heterocycles. The van der Waals surface area contributed by atoms with Crippen LogP contribution in [0.25, 0.3) is 0 Å². The van der Waals surface area contributed by atoms with Gasteiger partial charge in [0.05, 0.1) is 18.4 Å². The van der Waals surface area contributed by atoms with Crippen molar-refractivity contribution in [1.29, 1.82) is 5.26 Å². The van der Waals surface area contributed by atoms with Crippen LogP contribution in [-0.4, -0.2) is 19.0 Å². The van der Waals surface area contributed by atoms with Gasteiger partial charge in [-0.2, -0.15) is 5.26 Å². The molecule has 0 spiro atoms. The summed E-state index contributed by atoms with van der Waals surface area (Å²) >= 11 is 0. The summed E-state index contributed by atoms with van der Waals surface area (Å²) in [6.07, 6.45) is 0. The number of hydrogen-bond donors (Lipinski definition) is 1. The van der Waals surface area contributed by atoms with Crippen molar-refractivity contribution in [2.24, 2.45) is 0 Å². The fraction of sp³-hybridized carbons (Fsp3) is 0.167. The Kier molecular flexibility index (Phi) is 3.70. The second kappa shape index (κ2) is 5.70. The van der Waals surface area contributed by atoms with Crippen molar-refractivity contribution in [3.63, 3.8) is 0 Å². The van der Waals surface area contributed by atoms with Crippen molar-refractivity contribution in [2.45, 2.75) is 12.5 Å². The summed E-state index contributed by atoms with van der Waals surface area (Å²) in [5.74, 6) is -0.0747. The number of anilines is 1. The van der Waals surface area contributed by atoms with E-state index in [1.807, 2.05) is 24.3 Å². The van der Waals surface area contributed by atoms with Gasteiger partial charge in [-0.15, -0.1) is 0 Å². The summed E-state index contributed by atoms with van der Waals surface area (Å²) in [6.45, 7) is 1.67. The molecule has 1 N–H and O–H groups in total. The number of nitrogens with one attached hydrogen (secondary N) is 1. The quantitative estimate of drug-likeness (QED) is 0.881. The fourth-order valence-corrected chi connectivity index (χ4v) is 2.75. The molecule has 0 saturated carbocycles. The smallest absolute Gasteiger partial charge is 0.329 e. The first-order valence-corrected chi connectivity index (χ1v) is 7.31. The average Bonchev–Trinajstić information content (AvgIpc) is 2.85. The Balaban J connectivity index is 2.03. The Bertz CT molecular complexity index is 858. The first-order chi connectivity index (χ1) is 11.5. The van der Waals surface area contributed by atoms with Crippen molar-refractivity contribution < 1.29 is 14.3 Å². The molecule has 2 aromatic carbocycles. The third-order valence-corrected chi connectivity index (χ3v) is 4.11. The van der Waals surface area contributed by atoms with E-state index in [1.54, 1.807) is 25.1 Å². The first-order valence-electron chi connectivity index (χ1n) is 7.31. The number of carbonyl (C=O) groups is 2. The van der Waals surface area contributed by atoms with Crippen molar-refractivity contribution >= 4 is 17.6 Å². The van der Waals surface area contributed by atoms with Gasteiger partial charge in [0.1, 0.15) is 17.4 Å². The zero-order valence-electron chi connectivity index (χ0n) is 13.2. The van der Waals surface area contributed by atoms with E-state index in [0.29, 0.717) is 22.6 Å². The third-order valence-electron chi connectivity index (χ3n) is 4.11. The van der Waals surface area contributed by atoms with Crippen molar-refractivity contribution in [3.05, 3.63) is 59.7 Å². The van der Waals surface area contributed by atoms with E-state index in [-0.39, 0.29) is 5.91 Å². The van der Waals surface area contributed by atoms with Crippen LogP contribution in [0.4, 0.5) is 10.5 Å². The molecule has 2 aromatic rings. The van der Waals surface area contributed by atoms with Crippen molar-refractivity contribution in [1.82, 2.24) is 5.32 Å². The highest BCUT2D eigenvalue weighted by Crippen LogP contribution is 2.34. The van der Waals surface area contributed by atoms with Crippen LogP contribution in [0.2, 0.25) is 0 Å². The lowest BCUT2D eigenvalue weighted by Crippen LogP contribution is -2.40. The summed E-state index contributed by atoms with van der Waals surface area (Å²) in [5.41, 5.74) is 0.248. The highest BCUT2D eigenvalue weighted by Gasteiger charge is 2.49. The molecule has 0 radical (unpaired) electrons. The maximum Gasteiger partial charge on any atom is 0.329 e. The monoisotopic (exact) mass is 321 g/mol. The van der Waals surface area contributed by atoms with Crippen LogP contribution < -0.4 is 15.0 Å². The number of benzene rings is 2. The number of imide groups is 1. The van der Waals surface area contributed by atoms with Crippen molar-refractivity contribution in [3.8, 4) is 11.8 Å². The Hall–Kier alpha value is -3.33. The Morgan fingerprint density at radius 1 is 1.17 bits per heavy atom. The van der Waals surface area contributed by atoms with Gasteiger partial charge < -0.3 is 10.1 Å². The predicted octanol–water partition coefficient (Wildman–Crippen LogP) is 2.54. The zero-order valence-corrected chi connectivity index (χ0v) is 13.2. The van der Waals surface area contributed by atoms with Gasteiger partial charge in [0.2, 0.25) is 0 Å². The Morgan fingerprint density at radius 3 is 2.50 bits per heavy atom. The van der Waals surface area contributed by atoms with E-state index >= 15 is 0 Å². The topological polar surface area (TPSA) is 82.4 Å². The molecule has 3 amide bonds. The lowest BCUT2D eigenvalue weighted by Gasteiger charge is -2.22. The fourth-order valence-electron chi connectivity index (χ4n) is 2.75. The molecule has 1 aliphatic rings. The minimum atomic E-state index is -1.14. The minimum absolute atomic E-state index is 0.309. The van der Waals surface area contributed by atoms with Gasteiger partial charge in [-0.3, -0.25) is 4.79 Å². The van der Waals surface area contributed by atoms with Gasteiger partial charge in [-0.1, -0.05) is 30.3 Å². The zero-order chi connectivity index (χ0) is 17.3. The SMILES string of the molecule is COc1cc(N2C(=O)NC(C)(c3ccccc3)C2=O)ccc1C#N. The van der Waals surface area contributed by atoms with E-state index < -0.39 is 11.6 Å². The van der Waals surface area contributed by atoms with Crippen LogP contribution in [-0.2, 0) is 10.3 Å². The maximum absolute atomic E-state index is 12.9. The van der Waals surface area contributed by atoms with Crippen LogP contribution in [0.5, 0.6) is 5.75 Å². The number of ether oxygens (including phenoxy) is 1.